The molecule has 2 aromatic carbocycles. The third-order valence-electron chi connectivity index (χ3n) is 6.66. The van der Waals surface area contributed by atoms with E-state index in [1.807, 2.05) is 28.9 Å². The number of aryl methyl sites for hydroxylation is 2. The van der Waals surface area contributed by atoms with Gasteiger partial charge in [0.05, 0.1) is 27.4 Å². The number of hydrogen-bond donors (Lipinski definition) is 0. The quantitative estimate of drug-likeness (QED) is 0.437. The molecule has 0 saturated carbocycles. The lowest BCUT2D eigenvalue weighted by atomic mass is 10.0. The van der Waals surface area contributed by atoms with Gasteiger partial charge in [-0.25, -0.2) is 4.68 Å². The molecule has 1 aliphatic heterocycles. The largest absolute Gasteiger partial charge is 0.497 e. The van der Waals surface area contributed by atoms with Gasteiger partial charge in [-0.2, -0.15) is 0 Å². The highest BCUT2D eigenvalue weighted by Gasteiger charge is 2.31. The minimum atomic E-state index is 0.161. The highest BCUT2D eigenvalue weighted by atomic mass is 16.5. The Bertz CT molecular complexity index is 1080. The van der Waals surface area contributed by atoms with E-state index in [2.05, 4.69) is 57.4 Å². The Morgan fingerprint density at radius 1 is 0.857 bits per heavy atom. The third-order valence-corrected chi connectivity index (χ3v) is 6.66. The molecule has 1 atom stereocenters. The summed E-state index contributed by atoms with van der Waals surface area (Å²) in [5.41, 5.74) is 2.38. The summed E-state index contributed by atoms with van der Waals surface area (Å²) in [4.78, 5) is 4.94. The molecule has 1 saturated heterocycles. The molecule has 35 heavy (non-hydrogen) atoms. The van der Waals surface area contributed by atoms with Crippen molar-refractivity contribution >= 4 is 5.69 Å². The number of piperazine rings is 1. The van der Waals surface area contributed by atoms with Crippen molar-refractivity contribution in [2.24, 2.45) is 5.92 Å². The molecule has 0 radical (unpaired) electrons. The Kier molecular flexibility index (Phi) is 8.07. The minimum Gasteiger partial charge on any atom is -0.497 e. The number of anilines is 1. The van der Waals surface area contributed by atoms with Crippen molar-refractivity contribution in [3.05, 3.63) is 53.9 Å². The van der Waals surface area contributed by atoms with Crippen LogP contribution in [-0.4, -0.2) is 72.6 Å². The van der Waals surface area contributed by atoms with E-state index in [0.717, 1.165) is 61.2 Å². The molecule has 9 nitrogen and oxygen atoms in total. The third kappa shape index (κ3) is 5.67. The van der Waals surface area contributed by atoms with Crippen LogP contribution in [0.1, 0.15) is 31.3 Å². The molecule has 0 amide bonds. The van der Waals surface area contributed by atoms with Crippen LogP contribution in [0.3, 0.4) is 0 Å². The molecule has 1 aromatic heterocycles. The summed E-state index contributed by atoms with van der Waals surface area (Å²) in [6.45, 7) is 9.02. The summed E-state index contributed by atoms with van der Waals surface area (Å²) < 4.78 is 18.1. The standard InChI is InChI=1S/C26H36N6O3/c1-19(2)25(31-16-14-30(15-17-31)21-7-9-22(33-3)10-8-21)26-27-28-29-32(26)13-12-20-6-11-23(34-4)24(18-20)35-5/h6-11,18-19,25H,12-17H2,1-5H3/t25-/m1/s1. The molecule has 1 aliphatic rings. The Morgan fingerprint density at radius 2 is 1.57 bits per heavy atom. The van der Waals surface area contributed by atoms with E-state index < -0.39 is 0 Å². The van der Waals surface area contributed by atoms with Gasteiger partial charge < -0.3 is 19.1 Å². The van der Waals surface area contributed by atoms with E-state index in [1.54, 1.807) is 21.3 Å². The Labute approximate surface area is 207 Å². The number of nitrogens with zero attached hydrogens (tertiary/aromatic N) is 6. The normalized spacial score (nSPS) is 15.3. The Morgan fingerprint density at radius 3 is 2.20 bits per heavy atom. The predicted molar refractivity (Wildman–Crippen MR) is 135 cm³/mol. The second kappa shape index (κ2) is 11.4. The number of hydrogen-bond acceptors (Lipinski definition) is 8. The monoisotopic (exact) mass is 480 g/mol. The van der Waals surface area contributed by atoms with Crippen LogP contribution >= 0.6 is 0 Å². The lowest BCUT2D eigenvalue weighted by Crippen LogP contribution is -2.49. The SMILES string of the molecule is COc1ccc(N2CCN([C@@H](c3nnnn3CCc3ccc(OC)c(OC)c3)C(C)C)CC2)cc1. The fourth-order valence-electron chi connectivity index (χ4n) is 4.79. The van der Waals surface area contributed by atoms with Gasteiger partial charge in [-0.15, -0.1) is 5.10 Å². The average Bonchev–Trinajstić information content (AvgIpc) is 3.35. The van der Waals surface area contributed by atoms with Gasteiger partial charge in [0, 0.05) is 38.4 Å². The fourth-order valence-corrected chi connectivity index (χ4v) is 4.79. The molecule has 0 bridgehead atoms. The maximum atomic E-state index is 5.45. The molecule has 0 N–H and O–H groups in total. The van der Waals surface area contributed by atoms with Gasteiger partial charge in [0.15, 0.2) is 17.3 Å². The van der Waals surface area contributed by atoms with Gasteiger partial charge in [0.1, 0.15) is 5.75 Å². The van der Waals surface area contributed by atoms with Crippen molar-refractivity contribution < 1.29 is 14.2 Å². The highest BCUT2D eigenvalue weighted by molar-refractivity contribution is 5.49. The zero-order chi connectivity index (χ0) is 24.8. The first-order valence-corrected chi connectivity index (χ1v) is 12.1. The molecule has 3 aromatic rings. The van der Waals surface area contributed by atoms with E-state index >= 15 is 0 Å². The summed E-state index contributed by atoms with van der Waals surface area (Å²) in [6.07, 6.45) is 0.800. The van der Waals surface area contributed by atoms with E-state index in [-0.39, 0.29) is 6.04 Å². The van der Waals surface area contributed by atoms with Crippen LogP contribution in [0.5, 0.6) is 17.2 Å². The first-order valence-electron chi connectivity index (χ1n) is 12.1. The summed E-state index contributed by atoms with van der Waals surface area (Å²) in [5.74, 6) is 3.66. The van der Waals surface area contributed by atoms with Gasteiger partial charge in [-0.05, 0) is 64.7 Å². The van der Waals surface area contributed by atoms with Gasteiger partial charge in [-0.1, -0.05) is 19.9 Å². The lowest BCUT2D eigenvalue weighted by Gasteiger charge is -2.41. The number of aromatic nitrogens is 4. The van der Waals surface area contributed by atoms with Crippen LogP contribution in [0.4, 0.5) is 5.69 Å². The van der Waals surface area contributed by atoms with Gasteiger partial charge >= 0.3 is 0 Å². The number of benzene rings is 2. The summed E-state index contributed by atoms with van der Waals surface area (Å²) in [5, 5.41) is 12.8. The van der Waals surface area contributed by atoms with Crippen LogP contribution in [0, 0.1) is 5.92 Å². The Balaban J connectivity index is 1.43. The second-order valence-electron chi connectivity index (χ2n) is 9.11. The highest BCUT2D eigenvalue weighted by Crippen LogP contribution is 2.30. The number of tetrazole rings is 1. The van der Waals surface area contributed by atoms with Crippen LogP contribution in [-0.2, 0) is 13.0 Å². The van der Waals surface area contributed by atoms with Crippen molar-refractivity contribution in [1.82, 2.24) is 25.1 Å². The summed E-state index contributed by atoms with van der Waals surface area (Å²) >= 11 is 0. The number of rotatable bonds is 10. The predicted octanol–water partition coefficient (Wildman–Crippen LogP) is 3.46. The average molecular weight is 481 g/mol. The lowest BCUT2D eigenvalue weighted by molar-refractivity contribution is 0.134. The van der Waals surface area contributed by atoms with Crippen LogP contribution in [0.2, 0.25) is 0 Å². The van der Waals surface area contributed by atoms with Gasteiger partial charge in [0.2, 0.25) is 0 Å². The molecule has 0 unspecified atom stereocenters. The minimum absolute atomic E-state index is 0.161. The van der Waals surface area contributed by atoms with Crippen LogP contribution in [0.15, 0.2) is 42.5 Å². The molecule has 188 valence electrons. The number of methoxy groups -OCH3 is 3. The maximum Gasteiger partial charge on any atom is 0.168 e. The van der Waals surface area contributed by atoms with E-state index in [0.29, 0.717) is 12.5 Å². The molecule has 0 spiro atoms. The Hall–Kier alpha value is -3.33. The van der Waals surface area contributed by atoms with Crippen molar-refractivity contribution in [3.8, 4) is 17.2 Å². The molecule has 4 rings (SSSR count). The van der Waals surface area contributed by atoms with Crippen molar-refractivity contribution in [2.75, 3.05) is 52.4 Å². The van der Waals surface area contributed by atoms with E-state index in [9.17, 15) is 0 Å². The zero-order valence-electron chi connectivity index (χ0n) is 21.3. The maximum absolute atomic E-state index is 5.45. The van der Waals surface area contributed by atoms with Gasteiger partial charge in [-0.3, -0.25) is 4.90 Å². The zero-order valence-corrected chi connectivity index (χ0v) is 21.3. The molecule has 0 aliphatic carbocycles. The summed E-state index contributed by atoms with van der Waals surface area (Å²) in [7, 11) is 5.00. The molecule has 9 heteroatoms. The molecule has 1 fully saturated rings. The fraction of sp³-hybridized carbons (Fsp3) is 0.500. The molecule has 2 heterocycles. The van der Waals surface area contributed by atoms with Crippen LogP contribution in [0.25, 0.3) is 0 Å². The van der Waals surface area contributed by atoms with Gasteiger partial charge in [0.25, 0.3) is 0 Å². The van der Waals surface area contributed by atoms with E-state index in [4.69, 9.17) is 14.2 Å². The first kappa shape index (κ1) is 24.8. The first-order chi connectivity index (χ1) is 17.0. The smallest absolute Gasteiger partial charge is 0.168 e. The van der Waals surface area contributed by atoms with Crippen molar-refractivity contribution in [2.45, 2.75) is 32.9 Å². The molecular weight excluding hydrogens is 444 g/mol. The topological polar surface area (TPSA) is 77.8 Å². The van der Waals surface area contributed by atoms with Crippen molar-refractivity contribution in [1.29, 1.82) is 0 Å². The van der Waals surface area contributed by atoms with E-state index in [1.165, 1.54) is 5.69 Å². The van der Waals surface area contributed by atoms with Crippen LogP contribution < -0.4 is 19.1 Å². The summed E-state index contributed by atoms with van der Waals surface area (Å²) in [6, 6.07) is 14.5. The second-order valence-corrected chi connectivity index (χ2v) is 9.11. The van der Waals surface area contributed by atoms with Crippen molar-refractivity contribution in [3.63, 3.8) is 0 Å². The number of ether oxygens (including phenoxy) is 3. The molecular formula is C26H36N6O3.